The summed E-state index contributed by atoms with van der Waals surface area (Å²) in [5, 5.41) is 19.4. The quantitative estimate of drug-likeness (QED) is 0.192. The van der Waals surface area contributed by atoms with Crippen molar-refractivity contribution in [1.29, 1.82) is 0 Å². The van der Waals surface area contributed by atoms with E-state index >= 15 is 4.39 Å². The number of hydrogen-bond acceptors (Lipinski definition) is 10. The first kappa shape index (κ1) is 28.8. The molecule has 0 aliphatic carbocycles. The third kappa shape index (κ3) is 6.45. The number of hydrogen-bond donors (Lipinski definition) is 5. The maximum atomic E-state index is 15.1. The van der Waals surface area contributed by atoms with Crippen LogP contribution in [0.5, 0.6) is 17.4 Å². The molecule has 1 aromatic heterocycles. The van der Waals surface area contributed by atoms with Crippen molar-refractivity contribution in [2.45, 2.75) is 37.0 Å². The lowest BCUT2D eigenvalue weighted by molar-refractivity contribution is -0.139. The minimum atomic E-state index is -4.90. The number of methoxy groups -OCH3 is 1. The zero-order chi connectivity index (χ0) is 29.4. The molecule has 11 nitrogen and oxygen atoms in total. The topological polar surface area (TPSA) is 147 Å². The molecule has 3 heterocycles. The molecule has 16 heteroatoms. The van der Waals surface area contributed by atoms with Gasteiger partial charge in [0.1, 0.15) is 29.1 Å². The predicted molar refractivity (Wildman–Crippen MR) is 140 cm³/mol. The van der Waals surface area contributed by atoms with Crippen molar-refractivity contribution in [3.05, 3.63) is 59.0 Å². The van der Waals surface area contributed by atoms with Gasteiger partial charge in [-0.3, -0.25) is 10.0 Å². The Hall–Kier alpha value is -3.73. The van der Waals surface area contributed by atoms with E-state index in [1.807, 2.05) is 0 Å². The monoisotopic (exact) mass is 598 g/mol. The first-order valence-electron chi connectivity index (χ1n) is 12.5. The number of nitrogens with one attached hydrogen (secondary N) is 4. The van der Waals surface area contributed by atoms with Crippen molar-refractivity contribution < 1.29 is 40.6 Å². The number of aliphatic hydroxyl groups excluding tert-OH is 1. The van der Waals surface area contributed by atoms with Gasteiger partial charge in [0.05, 0.1) is 24.2 Å². The molecule has 1 saturated heterocycles. The van der Waals surface area contributed by atoms with E-state index in [-0.39, 0.29) is 46.0 Å². The summed E-state index contributed by atoms with van der Waals surface area (Å²) in [5.74, 6) is -2.66. The number of anilines is 3. The molecule has 5 rings (SSSR count). The van der Waals surface area contributed by atoms with Crippen LogP contribution in [-0.2, 0) is 22.0 Å². The number of sulfonamides is 1. The first-order valence-corrected chi connectivity index (χ1v) is 14.1. The predicted octanol–water partition coefficient (Wildman–Crippen LogP) is 3.77. The van der Waals surface area contributed by atoms with Crippen LogP contribution in [0.3, 0.4) is 0 Å². The standard InChI is InChI=1S/C25H26F4N6O5S/c1-39-21-9-14(22(36)32-13-5-7-30-8-6-13)17(26)10-19(21)33-24-31-11-16(25(27,28)29)23(34-24)40-20-4-2-3-18-15(20)12-41(37,38)35-18/h2-4,9-11,13,22,30,32,35-36H,5-8,12H2,1H3,(H,31,33,34). The second-order valence-electron chi connectivity index (χ2n) is 9.45. The number of fused-ring (bicyclic) bond motifs is 1. The SMILES string of the molecule is COc1cc(C(O)NC2CCNCC2)c(F)cc1Nc1ncc(C(F)(F)F)c(Oc2cccc3c2CS(=O)(=O)N3)n1. The van der Waals surface area contributed by atoms with Crippen LogP contribution in [0.25, 0.3) is 0 Å². The van der Waals surface area contributed by atoms with Crippen LogP contribution in [0.2, 0.25) is 0 Å². The van der Waals surface area contributed by atoms with Crippen molar-refractivity contribution in [3.8, 4) is 17.4 Å². The molecule has 5 N–H and O–H groups in total. The van der Waals surface area contributed by atoms with Gasteiger partial charge in [0.2, 0.25) is 21.9 Å². The molecule has 1 unspecified atom stereocenters. The molecule has 2 aromatic carbocycles. The minimum absolute atomic E-state index is 0.0184. The number of aliphatic hydroxyl groups is 1. The molecular formula is C25H26F4N6O5S. The zero-order valence-corrected chi connectivity index (χ0v) is 22.4. The summed E-state index contributed by atoms with van der Waals surface area (Å²) in [5.41, 5.74) is -1.09. The van der Waals surface area contributed by atoms with Crippen molar-refractivity contribution in [3.63, 3.8) is 0 Å². The van der Waals surface area contributed by atoms with E-state index < -0.39 is 45.4 Å². The van der Waals surface area contributed by atoms with Gasteiger partial charge in [0.15, 0.2) is 0 Å². The Morgan fingerprint density at radius 3 is 2.63 bits per heavy atom. The normalized spacial score (nSPS) is 17.4. The molecule has 1 atom stereocenters. The molecule has 1 fully saturated rings. The van der Waals surface area contributed by atoms with Gasteiger partial charge in [0.25, 0.3) is 0 Å². The molecule has 2 aliphatic heterocycles. The van der Waals surface area contributed by atoms with Crippen LogP contribution in [0.4, 0.5) is 34.9 Å². The molecule has 2 aliphatic rings. The number of aromatic nitrogens is 2. The Balaban J connectivity index is 1.43. The van der Waals surface area contributed by atoms with Crippen LogP contribution in [0.15, 0.2) is 36.5 Å². The summed E-state index contributed by atoms with van der Waals surface area (Å²) in [7, 11) is -2.41. The number of ether oxygens (including phenoxy) is 2. The van der Waals surface area contributed by atoms with Crippen molar-refractivity contribution >= 4 is 27.3 Å². The first-order chi connectivity index (χ1) is 19.4. The number of nitrogens with zero attached hydrogens (tertiary/aromatic N) is 2. The zero-order valence-electron chi connectivity index (χ0n) is 21.5. The fourth-order valence-electron chi connectivity index (χ4n) is 4.57. The summed E-state index contributed by atoms with van der Waals surface area (Å²) in [4.78, 5) is 7.55. The van der Waals surface area contributed by atoms with E-state index in [4.69, 9.17) is 9.47 Å². The lowest BCUT2D eigenvalue weighted by Gasteiger charge is -2.27. The third-order valence-corrected chi connectivity index (χ3v) is 7.79. The lowest BCUT2D eigenvalue weighted by Crippen LogP contribution is -2.41. The third-order valence-electron chi connectivity index (χ3n) is 6.59. The molecule has 0 amide bonds. The van der Waals surface area contributed by atoms with Crippen LogP contribution in [0.1, 0.15) is 35.8 Å². The second-order valence-corrected chi connectivity index (χ2v) is 11.2. The number of alkyl halides is 3. The van der Waals surface area contributed by atoms with Gasteiger partial charge < -0.3 is 25.2 Å². The Labute approximate surface area is 232 Å². The maximum Gasteiger partial charge on any atom is 0.423 e. The lowest BCUT2D eigenvalue weighted by atomic mass is 10.1. The van der Waals surface area contributed by atoms with Crippen molar-refractivity contribution in [2.75, 3.05) is 30.2 Å². The number of rotatable bonds is 8. The number of halogens is 4. The summed E-state index contributed by atoms with van der Waals surface area (Å²) in [6, 6.07) is 6.43. The van der Waals surface area contributed by atoms with Gasteiger partial charge in [-0.25, -0.2) is 17.8 Å². The highest BCUT2D eigenvalue weighted by molar-refractivity contribution is 7.92. The molecule has 0 spiro atoms. The largest absolute Gasteiger partial charge is 0.495 e. The van der Waals surface area contributed by atoms with Gasteiger partial charge in [0, 0.05) is 29.4 Å². The van der Waals surface area contributed by atoms with Gasteiger partial charge >= 0.3 is 6.18 Å². The number of benzene rings is 2. The molecule has 41 heavy (non-hydrogen) atoms. The minimum Gasteiger partial charge on any atom is -0.495 e. The molecular weight excluding hydrogens is 572 g/mol. The second kappa shape index (κ2) is 11.3. The van der Waals surface area contributed by atoms with Crippen LogP contribution in [0, 0.1) is 5.82 Å². The fraction of sp³-hybridized carbons (Fsp3) is 0.360. The summed E-state index contributed by atoms with van der Waals surface area (Å²) >= 11 is 0. The van der Waals surface area contributed by atoms with Crippen molar-refractivity contribution in [2.24, 2.45) is 0 Å². The van der Waals surface area contributed by atoms with E-state index in [1.54, 1.807) is 0 Å². The highest BCUT2D eigenvalue weighted by Gasteiger charge is 2.37. The highest BCUT2D eigenvalue weighted by atomic mass is 32.2. The Morgan fingerprint density at radius 1 is 1.17 bits per heavy atom. The Bertz CT molecular complexity index is 1550. The van der Waals surface area contributed by atoms with Gasteiger partial charge in [-0.2, -0.15) is 18.2 Å². The van der Waals surface area contributed by atoms with Gasteiger partial charge in [-0.15, -0.1) is 0 Å². The average molecular weight is 599 g/mol. The van der Waals surface area contributed by atoms with Crippen molar-refractivity contribution in [1.82, 2.24) is 20.6 Å². The molecule has 3 aromatic rings. The summed E-state index contributed by atoms with van der Waals surface area (Å²) < 4.78 is 93.5. The van der Waals surface area contributed by atoms with Crippen LogP contribution in [-0.4, -0.2) is 49.7 Å². The maximum absolute atomic E-state index is 15.1. The van der Waals surface area contributed by atoms with E-state index in [9.17, 15) is 26.7 Å². The smallest absolute Gasteiger partial charge is 0.423 e. The summed E-state index contributed by atoms with van der Waals surface area (Å²) in [6.07, 6.45) is -4.23. The molecule has 0 radical (unpaired) electrons. The molecule has 220 valence electrons. The van der Waals surface area contributed by atoms with Crippen LogP contribution < -0.4 is 30.1 Å². The van der Waals surface area contributed by atoms with Gasteiger partial charge in [-0.1, -0.05) is 6.07 Å². The molecule has 0 bridgehead atoms. The molecule has 0 saturated carbocycles. The van der Waals surface area contributed by atoms with E-state index in [1.165, 1.54) is 31.4 Å². The van der Waals surface area contributed by atoms with E-state index in [0.29, 0.717) is 6.20 Å². The van der Waals surface area contributed by atoms with E-state index in [2.05, 4.69) is 30.6 Å². The highest BCUT2D eigenvalue weighted by Crippen LogP contribution is 2.41. The van der Waals surface area contributed by atoms with Gasteiger partial charge in [-0.05, 0) is 44.1 Å². The summed E-state index contributed by atoms with van der Waals surface area (Å²) in [6.45, 7) is 1.53. The Kier molecular flexibility index (Phi) is 7.91. The number of piperidine rings is 1. The Morgan fingerprint density at radius 2 is 1.93 bits per heavy atom. The van der Waals surface area contributed by atoms with Crippen LogP contribution >= 0.6 is 0 Å². The fourth-order valence-corrected chi connectivity index (χ4v) is 5.85. The van der Waals surface area contributed by atoms with E-state index in [0.717, 1.165) is 32.0 Å². The average Bonchev–Trinajstić information content (AvgIpc) is 3.23.